The molecule has 88 valence electrons. The van der Waals surface area contributed by atoms with E-state index in [1.54, 1.807) is 20.8 Å². The predicted molar refractivity (Wildman–Crippen MR) is 56.5 cm³/mol. The first kappa shape index (κ1) is 12.3. The number of nitrogens with one attached hydrogen (secondary N) is 1. The molecule has 0 aromatic heterocycles. The highest BCUT2D eigenvalue weighted by molar-refractivity contribution is 5.67. The van der Waals surface area contributed by atoms with Crippen LogP contribution in [0.5, 0.6) is 0 Å². The molecule has 0 unspecified atom stereocenters. The summed E-state index contributed by atoms with van der Waals surface area (Å²) in [6.45, 7) is 5.43. The van der Waals surface area contributed by atoms with E-state index in [0.29, 0.717) is 12.8 Å². The number of hydrogen-bond acceptors (Lipinski definition) is 2. The van der Waals surface area contributed by atoms with E-state index in [9.17, 15) is 9.18 Å². The van der Waals surface area contributed by atoms with Gasteiger partial charge in [-0.15, -0.1) is 0 Å². The number of alkyl halides is 1. The molecule has 1 N–H and O–H groups in total. The minimum atomic E-state index is -1.21. The van der Waals surface area contributed by atoms with Gasteiger partial charge in [0.25, 0.3) is 0 Å². The summed E-state index contributed by atoms with van der Waals surface area (Å²) in [5.74, 6) is 0. The van der Waals surface area contributed by atoms with Gasteiger partial charge in [-0.2, -0.15) is 0 Å². The monoisotopic (exact) mass is 217 g/mol. The zero-order valence-corrected chi connectivity index (χ0v) is 9.73. The van der Waals surface area contributed by atoms with Crippen LogP contribution in [-0.4, -0.2) is 23.9 Å². The summed E-state index contributed by atoms with van der Waals surface area (Å²) in [4.78, 5) is 11.3. The van der Waals surface area contributed by atoms with E-state index in [1.165, 1.54) is 0 Å². The highest BCUT2D eigenvalue weighted by Gasteiger charge is 2.34. The first-order valence-corrected chi connectivity index (χ1v) is 5.47. The third-order valence-corrected chi connectivity index (χ3v) is 2.45. The number of carbonyl (C=O) groups excluding carboxylic acids is 1. The maximum absolute atomic E-state index is 13.8. The molecule has 0 heterocycles. The molecule has 0 aromatic rings. The second kappa shape index (κ2) is 4.37. The topological polar surface area (TPSA) is 38.3 Å². The Hall–Kier alpha value is -0.800. The van der Waals surface area contributed by atoms with Crippen LogP contribution in [0.3, 0.4) is 0 Å². The summed E-state index contributed by atoms with van der Waals surface area (Å²) in [5.41, 5.74) is -1.74. The molecule has 0 saturated heterocycles. The molecule has 0 radical (unpaired) electrons. The Morgan fingerprint density at radius 2 is 1.93 bits per heavy atom. The summed E-state index contributed by atoms with van der Waals surface area (Å²) in [7, 11) is 0. The second-order valence-corrected chi connectivity index (χ2v) is 5.21. The van der Waals surface area contributed by atoms with Crippen LogP contribution in [0, 0.1) is 0 Å². The standard InChI is InChI=1S/C11H20FNO2/c1-10(2,3)15-9(14)13-8-11(12)6-4-5-7-11/h4-8H2,1-3H3,(H,13,14). The number of carbonyl (C=O) groups is 1. The van der Waals surface area contributed by atoms with Crippen LogP contribution in [-0.2, 0) is 4.74 Å². The van der Waals surface area contributed by atoms with Gasteiger partial charge in [-0.3, -0.25) is 0 Å². The molecule has 0 aliphatic heterocycles. The molecule has 3 nitrogen and oxygen atoms in total. The van der Waals surface area contributed by atoms with E-state index in [4.69, 9.17) is 4.74 Å². The van der Waals surface area contributed by atoms with Crippen molar-refractivity contribution in [2.24, 2.45) is 0 Å². The van der Waals surface area contributed by atoms with Gasteiger partial charge in [0, 0.05) is 0 Å². The lowest BCUT2D eigenvalue weighted by Gasteiger charge is -2.23. The van der Waals surface area contributed by atoms with Gasteiger partial charge in [-0.25, -0.2) is 9.18 Å². The molecule has 0 spiro atoms. The number of halogens is 1. The maximum Gasteiger partial charge on any atom is 0.407 e. The van der Waals surface area contributed by atoms with Crippen LogP contribution in [0.2, 0.25) is 0 Å². The van der Waals surface area contributed by atoms with Crippen LogP contribution >= 0.6 is 0 Å². The normalized spacial score (nSPS) is 20.0. The Balaban J connectivity index is 2.28. The SMILES string of the molecule is CC(C)(C)OC(=O)NCC1(F)CCCC1. The fourth-order valence-electron chi connectivity index (χ4n) is 1.73. The molecule has 0 aromatic carbocycles. The fourth-order valence-corrected chi connectivity index (χ4v) is 1.73. The van der Waals surface area contributed by atoms with Crippen LogP contribution < -0.4 is 5.32 Å². The van der Waals surface area contributed by atoms with E-state index in [2.05, 4.69) is 5.32 Å². The van der Waals surface area contributed by atoms with Crippen molar-refractivity contribution in [2.45, 2.75) is 57.7 Å². The van der Waals surface area contributed by atoms with Gasteiger partial charge >= 0.3 is 6.09 Å². The lowest BCUT2D eigenvalue weighted by Crippen LogP contribution is -2.40. The minimum absolute atomic E-state index is 0.0713. The largest absolute Gasteiger partial charge is 0.444 e. The van der Waals surface area contributed by atoms with Crippen molar-refractivity contribution in [3.8, 4) is 0 Å². The molecule has 15 heavy (non-hydrogen) atoms. The molecule has 0 atom stereocenters. The Morgan fingerprint density at radius 1 is 1.40 bits per heavy atom. The van der Waals surface area contributed by atoms with Gasteiger partial charge in [0.15, 0.2) is 0 Å². The molecule has 0 bridgehead atoms. The highest BCUT2D eigenvalue weighted by atomic mass is 19.1. The van der Waals surface area contributed by atoms with Crippen molar-refractivity contribution in [1.82, 2.24) is 5.32 Å². The van der Waals surface area contributed by atoms with E-state index in [-0.39, 0.29) is 6.54 Å². The van der Waals surface area contributed by atoms with E-state index < -0.39 is 17.4 Å². The fraction of sp³-hybridized carbons (Fsp3) is 0.909. The summed E-state index contributed by atoms with van der Waals surface area (Å²) in [6.07, 6.45) is 2.37. The van der Waals surface area contributed by atoms with Gasteiger partial charge in [-0.05, 0) is 33.6 Å². The summed E-state index contributed by atoms with van der Waals surface area (Å²) in [5, 5.41) is 2.49. The average molecular weight is 217 g/mol. The van der Waals surface area contributed by atoms with E-state index in [1.807, 2.05) is 0 Å². The predicted octanol–water partition coefficient (Wildman–Crippen LogP) is 2.79. The maximum atomic E-state index is 13.8. The Labute approximate surface area is 90.4 Å². The highest BCUT2D eigenvalue weighted by Crippen LogP contribution is 2.32. The Kier molecular flexibility index (Phi) is 3.58. The van der Waals surface area contributed by atoms with Crippen molar-refractivity contribution >= 4 is 6.09 Å². The van der Waals surface area contributed by atoms with Crippen LogP contribution in [0.25, 0.3) is 0 Å². The van der Waals surface area contributed by atoms with Crippen LogP contribution in [0.15, 0.2) is 0 Å². The van der Waals surface area contributed by atoms with Crippen molar-refractivity contribution < 1.29 is 13.9 Å². The lowest BCUT2D eigenvalue weighted by molar-refractivity contribution is 0.0479. The van der Waals surface area contributed by atoms with E-state index in [0.717, 1.165) is 12.8 Å². The second-order valence-electron chi connectivity index (χ2n) is 5.21. The molecule has 4 heteroatoms. The molecule has 1 amide bonds. The van der Waals surface area contributed by atoms with Gasteiger partial charge in [0.2, 0.25) is 0 Å². The molecule has 1 aliphatic rings. The molecular formula is C11H20FNO2. The lowest BCUT2D eigenvalue weighted by atomic mass is 10.1. The minimum Gasteiger partial charge on any atom is -0.444 e. The molecule has 1 aliphatic carbocycles. The smallest absolute Gasteiger partial charge is 0.407 e. The van der Waals surface area contributed by atoms with Crippen molar-refractivity contribution in [3.63, 3.8) is 0 Å². The van der Waals surface area contributed by atoms with E-state index >= 15 is 0 Å². The van der Waals surface area contributed by atoms with Gasteiger partial charge in [-0.1, -0.05) is 12.8 Å². The van der Waals surface area contributed by atoms with Gasteiger partial charge in [0.1, 0.15) is 11.3 Å². The number of amides is 1. The zero-order valence-electron chi connectivity index (χ0n) is 9.73. The first-order chi connectivity index (χ1) is 6.81. The summed E-state index contributed by atoms with van der Waals surface area (Å²) >= 11 is 0. The molecule has 1 saturated carbocycles. The zero-order chi connectivity index (χ0) is 11.5. The van der Waals surface area contributed by atoms with Gasteiger partial charge < -0.3 is 10.1 Å². The van der Waals surface area contributed by atoms with Crippen LogP contribution in [0.4, 0.5) is 9.18 Å². The Morgan fingerprint density at radius 3 is 2.40 bits per heavy atom. The molecule has 1 fully saturated rings. The average Bonchev–Trinajstić information content (AvgIpc) is 2.47. The first-order valence-electron chi connectivity index (χ1n) is 5.47. The number of rotatable bonds is 2. The molecule has 1 rings (SSSR count). The van der Waals surface area contributed by atoms with Crippen molar-refractivity contribution in [3.05, 3.63) is 0 Å². The summed E-state index contributed by atoms with van der Waals surface area (Å²) < 4.78 is 18.9. The van der Waals surface area contributed by atoms with Crippen molar-refractivity contribution in [2.75, 3.05) is 6.54 Å². The number of ether oxygens (including phenoxy) is 1. The third-order valence-electron chi connectivity index (χ3n) is 2.45. The van der Waals surface area contributed by atoms with Gasteiger partial charge in [0.05, 0.1) is 6.54 Å². The van der Waals surface area contributed by atoms with Crippen LogP contribution in [0.1, 0.15) is 46.5 Å². The Bertz CT molecular complexity index is 229. The number of hydrogen-bond donors (Lipinski definition) is 1. The quantitative estimate of drug-likeness (QED) is 0.772. The number of alkyl carbamates (subject to hydrolysis) is 1. The molecular weight excluding hydrogens is 197 g/mol. The third kappa shape index (κ3) is 4.49. The van der Waals surface area contributed by atoms with Crippen molar-refractivity contribution in [1.29, 1.82) is 0 Å². The summed E-state index contributed by atoms with van der Waals surface area (Å²) in [6, 6.07) is 0.